The standard InChI is InChI=1S/C17H27N3O4S/c1-12-10-19(4)17(21)13-8-7-9-14(18(2)3)16(13)24-15(12)11-20(5)25(6,22)23/h7-9,12,15H,10-11H2,1-6H3/t12-,15+/m1/s1. The van der Waals surface area contributed by atoms with Crippen molar-refractivity contribution < 1.29 is 17.9 Å². The summed E-state index contributed by atoms with van der Waals surface area (Å²) in [5, 5.41) is 0. The van der Waals surface area contributed by atoms with Crippen molar-refractivity contribution in [2.75, 3.05) is 52.4 Å². The molecule has 2 rings (SSSR count). The molecule has 0 aromatic heterocycles. The lowest BCUT2D eigenvalue weighted by atomic mass is 10.0. The van der Waals surface area contributed by atoms with Crippen LogP contribution in [0, 0.1) is 5.92 Å². The van der Waals surface area contributed by atoms with Gasteiger partial charge in [0, 0.05) is 40.7 Å². The molecule has 25 heavy (non-hydrogen) atoms. The minimum Gasteiger partial charge on any atom is -0.486 e. The Morgan fingerprint density at radius 2 is 1.92 bits per heavy atom. The van der Waals surface area contributed by atoms with Crippen molar-refractivity contribution in [2.24, 2.45) is 5.92 Å². The molecule has 1 heterocycles. The molecule has 2 atom stereocenters. The maximum absolute atomic E-state index is 12.7. The van der Waals surface area contributed by atoms with E-state index in [2.05, 4.69) is 0 Å². The summed E-state index contributed by atoms with van der Waals surface area (Å²) in [5.41, 5.74) is 1.29. The number of fused-ring (bicyclic) bond motifs is 1. The minimum absolute atomic E-state index is 0.0264. The molecule has 1 amide bonds. The predicted molar refractivity (Wildman–Crippen MR) is 98.8 cm³/mol. The fourth-order valence-corrected chi connectivity index (χ4v) is 3.30. The first-order chi connectivity index (χ1) is 11.5. The number of likely N-dealkylation sites (N-methyl/N-ethyl adjacent to an activating group) is 1. The molecule has 1 aliphatic rings. The summed E-state index contributed by atoms with van der Waals surface area (Å²) >= 11 is 0. The van der Waals surface area contributed by atoms with Gasteiger partial charge in [0.2, 0.25) is 10.0 Å². The number of hydrogen-bond acceptors (Lipinski definition) is 5. The zero-order chi connectivity index (χ0) is 18.9. The monoisotopic (exact) mass is 369 g/mol. The number of sulfonamides is 1. The quantitative estimate of drug-likeness (QED) is 0.795. The first-order valence-electron chi connectivity index (χ1n) is 8.16. The molecule has 7 nitrogen and oxygen atoms in total. The lowest BCUT2D eigenvalue weighted by Crippen LogP contribution is -2.46. The number of carbonyl (C=O) groups excluding carboxylic acids is 1. The van der Waals surface area contributed by atoms with Crippen molar-refractivity contribution in [1.82, 2.24) is 9.21 Å². The van der Waals surface area contributed by atoms with E-state index in [9.17, 15) is 13.2 Å². The van der Waals surface area contributed by atoms with Crippen LogP contribution in [0.15, 0.2) is 18.2 Å². The molecule has 0 N–H and O–H groups in total. The highest BCUT2D eigenvalue weighted by Gasteiger charge is 2.32. The van der Waals surface area contributed by atoms with E-state index < -0.39 is 10.0 Å². The molecule has 0 fully saturated rings. The smallest absolute Gasteiger partial charge is 0.257 e. The summed E-state index contributed by atoms with van der Waals surface area (Å²) in [7, 11) is 3.75. The summed E-state index contributed by atoms with van der Waals surface area (Å²) in [5.74, 6) is 0.379. The second-order valence-corrected chi connectivity index (χ2v) is 9.00. The minimum atomic E-state index is -3.31. The molecule has 0 spiro atoms. The summed E-state index contributed by atoms with van der Waals surface area (Å²) < 4.78 is 31.1. The summed E-state index contributed by atoms with van der Waals surface area (Å²) in [4.78, 5) is 16.3. The Morgan fingerprint density at radius 3 is 2.48 bits per heavy atom. The lowest BCUT2D eigenvalue weighted by molar-refractivity contribution is 0.0606. The van der Waals surface area contributed by atoms with E-state index in [1.54, 1.807) is 18.0 Å². The van der Waals surface area contributed by atoms with Crippen LogP contribution in [0.5, 0.6) is 5.75 Å². The van der Waals surface area contributed by atoms with Gasteiger partial charge in [-0.25, -0.2) is 12.7 Å². The van der Waals surface area contributed by atoms with Crippen LogP contribution in [0.3, 0.4) is 0 Å². The maximum Gasteiger partial charge on any atom is 0.257 e. The van der Waals surface area contributed by atoms with Crippen molar-refractivity contribution >= 4 is 21.6 Å². The van der Waals surface area contributed by atoms with Gasteiger partial charge in [0.1, 0.15) is 6.10 Å². The number of carbonyl (C=O) groups is 1. The number of rotatable bonds is 4. The highest BCUT2D eigenvalue weighted by atomic mass is 32.2. The first kappa shape index (κ1) is 19.5. The highest BCUT2D eigenvalue weighted by molar-refractivity contribution is 7.88. The van der Waals surface area contributed by atoms with Gasteiger partial charge in [0.25, 0.3) is 5.91 Å². The zero-order valence-corrected chi connectivity index (χ0v) is 16.5. The van der Waals surface area contributed by atoms with Crippen LogP contribution in [-0.2, 0) is 10.0 Å². The number of para-hydroxylation sites is 1. The molecule has 1 aliphatic heterocycles. The Balaban J connectivity index is 2.49. The largest absolute Gasteiger partial charge is 0.486 e. The molecular formula is C17H27N3O4S. The van der Waals surface area contributed by atoms with E-state index in [0.717, 1.165) is 5.69 Å². The fourth-order valence-electron chi connectivity index (χ4n) is 2.88. The SMILES string of the molecule is C[C@@H]1CN(C)C(=O)c2cccc(N(C)C)c2O[C@H]1CN(C)S(C)(=O)=O. The maximum atomic E-state index is 12.7. The Morgan fingerprint density at radius 1 is 1.28 bits per heavy atom. The van der Waals surface area contributed by atoms with Crippen molar-refractivity contribution in [3.63, 3.8) is 0 Å². The van der Waals surface area contributed by atoms with Crippen molar-refractivity contribution in [1.29, 1.82) is 0 Å². The molecule has 0 unspecified atom stereocenters. The number of nitrogens with zero attached hydrogens (tertiary/aromatic N) is 3. The van der Waals surface area contributed by atoms with Gasteiger partial charge in [-0.2, -0.15) is 0 Å². The van der Waals surface area contributed by atoms with Crippen LogP contribution in [-0.4, -0.2) is 77.2 Å². The number of anilines is 1. The van der Waals surface area contributed by atoms with Gasteiger partial charge in [-0.1, -0.05) is 13.0 Å². The number of amides is 1. The Kier molecular flexibility index (Phi) is 5.63. The van der Waals surface area contributed by atoms with Crippen molar-refractivity contribution in [3.8, 4) is 5.75 Å². The van der Waals surface area contributed by atoms with Gasteiger partial charge in [0.15, 0.2) is 5.75 Å². The van der Waals surface area contributed by atoms with Gasteiger partial charge in [0.05, 0.1) is 24.1 Å². The predicted octanol–water partition coefficient (Wildman–Crippen LogP) is 1.11. The number of hydrogen-bond donors (Lipinski definition) is 0. The molecule has 1 aromatic rings. The summed E-state index contributed by atoms with van der Waals surface area (Å²) in [6.45, 7) is 2.68. The van der Waals surface area contributed by atoms with Crippen LogP contribution in [0.25, 0.3) is 0 Å². The van der Waals surface area contributed by atoms with Crippen LogP contribution in [0.2, 0.25) is 0 Å². The third-order valence-electron chi connectivity index (χ3n) is 4.52. The topological polar surface area (TPSA) is 70.2 Å². The van der Waals surface area contributed by atoms with Gasteiger partial charge in [-0.15, -0.1) is 0 Å². The Hall–Kier alpha value is -1.80. The average molecular weight is 369 g/mol. The number of ether oxygens (including phenoxy) is 1. The van der Waals surface area contributed by atoms with Crippen LogP contribution in [0.4, 0.5) is 5.69 Å². The molecule has 1 aromatic carbocycles. The van der Waals surface area contributed by atoms with Crippen LogP contribution >= 0.6 is 0 Å². The molecule has 8 heteroatoms. The van der Waals surface area contributed by atoms with Gasteiger partial charge >= 0.3 is 0 Å². The van der Waals surface area contributed by atoms with E-state index in [1.165, 1.54) is 17.6 Å². The number of benzene rings is 1. The van der Waals surface area contributed by atoms with E-state index in [1.807, 2.05) is 38.1 Å². The summed E-state index contributed by atoms with van der Waals surface area (Å²) in [6, 6.07) is 5.45. The molecule has 0 saturated carbocycles. The van der Waals surface area contributed by atoms with Crippen molar-refractivity contribution in [2.45, 2.75) is 13.0 Å². The van der Waals surface area contributed by atoms with E-state index >= 15 is 0 Å². The van der Waals surface area contributed by atoms with Gasteiger partial charge < -0.3 is 14.5 Å². The third kappa shape index (κ3) is 4.24. The highest BCUT2D eigenvalue weighted by Crippen LogP contribution is 2.35. The lowest BCUT2D eigenvalue weighted by Gasteiger charge is -2.35. The molecular weight excluding hydrogens is 342 g/mol. The molecule has 140 valence electrons. The zero-order valence-electron chi connectivity index (χ0n) is 15.7. The molecule has 0 aliphatic carbocycles. The second kappa shape index (κ2) is 7.21. The van der Waals surface area contributed by atoms with E-state index in [4.69, 9.17) is 4.74 Å². The summed E-state index contributed by atoms with van der Waals surface area (Å²) in [6.07, 6.45) is 0.810. The Bertz CT molecular complexity index is 748. The average Bonchev–Trinajstić information content (AvgIpc) is 2.51. The van der Waals surface area contributed by atoms with Crippen LogP contribution in [0.1, 0.15) is 17.3 Å². The molecule has 0 saturated heterocycles. The Labute approximate surface area is 150 Å². The normalized spacial score (nSPS) is 21.4. The third-order valence-corrected chi connectivity index (χ3v) is 5.80. The van der Waals surface area contributed by atoms with Gasteiger partial charge in [-0.3, -0.25) is 4.79 Å². The first-order valence-corrected chi connectivity index (χ1v) is 10.0. The molecule has 0 radical (unpaired) electrons. The fraction of sp³-hybridized carbons (Fsp3) is 0.588. The van der Waals surface area contributed by atoms with Crippen molar-refractivity contribution in [3.05, 3.63) is 23.8 Å². The second-order valence-electron chi connectivity index (χ2n) is 6.91. The van der Waals surface area contributed by atoms with Crippen LogP contribution < -0.4 is 9.64 Å². The molecule has 0 bridgehead atoms. The van der Waals surface area contributed by atoms with Gasteiger partial charge in [-0.05, 0) is 12.1 Å². The van der Waals surface area contributed by atoms with E-state index in [0.29, 0.717) is 17.9 Å². The van der Waals surface area contributed by atoms with E-state index in [-0.39, 0.29) is 24.5 Å².